The van der Waals surface area contributed by atoms with E-state index in [0.29, 0.717) is 19.6 Å². The molecule has 0 N–H and O–H groups in total. The third-order valence-electron chi connectivity index (χ3n) is 5.04. The molecule has 1 atom stereocenters. The largest absolute Gasteiger partial charge is 0.493 e. The van der Waals surface area contributed by atoms with Crippen molar-refractivity contribution < 1.29 is 14.3 Å². The van der Waals surface area contributed by atoms with Gasteiger partial charge in [0.15, 0.2) is 11.5 Å². The number of para-hydroxylation sites is 1. The van der Waals surface area contributed by atoms with Gasteiger partial charge in [-0.3, -0.25) is 9.78 Å². The third-order valence-corrected chi connectivity index (χ3v) is 5.04. The number of fused-ring (bicyclic) bond motifs is 2. The monoisotopic (exact) mass is 362 g/mol. The van der Waals surface area contributed by atoms with Crippen molar-refractivity contribution in [1.29, 1.82) is 0 Å². The zero-order chi connectivity index (χ0) is 18.8. The fourth-order valence-electron chi connectivity index (χ4n) is 3.66. The highest BCUT2D eigenvalue weighted by molar-refractivity contribution is 5.83. The van der Waals surface area contributed by atoms with Crippen molar-refractivity contribution in [2.24, 2.45) is 5.92 Å². The van der Waals surface area contributed by atoms with Crippen molar-refractivity contribution in [1.82, 2.24) is 9.88 Å². The number of carbonyl (C=O) groups is 1. The second kappa shape index (κ2) is 7.27. The predicted octanol–water partition coefficient (Wildman–Crippen LogP) is 3.45. The second-order valence-electron chi connectivity index (χ2n) is 6.84. The molecule has 0 aliphatic carbocycles. The van der Waals surface area contributed by atoms with E-state index in [9.17, 15) is 4.79 Å². The van der Waals surface area contributed by atoms with Crippen molar-refractivity contribution in [3.63, 3.8) is 0 Å². The number of hydrogen-bond acceptors (Lipinski definition) is 4. The summed E-state index contributed by atoms with van der Waals surface area (Å²) in [5, 5.41) is 1.08. The van der Waals surface area contributed by atoms with Crippen LogP contribution in [0.4, 0.5) is 0 Å². The van der Waals surface area contributed by atoms with Crippen LogP contribution < -0.4 is 9.47 Å². The summed E-state index contributed by atoms with van der Waals surface area (Å²) < 4.78 is 11.2. The van der Waals surface area contributed by atoms with Gasteiger partial charge >= 0.3 is 0 Å². The van der Waals surface area contributed by atoms with Crippen molar-refractivity contribution in [2.45, 2.75) is 13.0 Å². The lowest BCUT2D eigenvalue weighted by atomic mass is 9.95. The maximum Gasteiger partial charge on any atom is 0.229 e. The summed E-state index contributed by atoms with van der Waals surface area (Å²) in [6.45, 7) is 0.914. The van der Waals surface area contributed by atoms with E-state index in [1.165, 1.54) is 0 Å². The highest BCUT2D eigenvalue weighted by Gasteiger charge is 2.29. The zero-order valence-corrected chi connectivity index (χ0v) is 15.5. The van der Waals surface area contributed by atoms with E-state index >= 15 is 0 Å². The van der Waals surface area contributed by atoms with Crippen molar-refractivity contribution in [3.05, 3.63) is 65.9 Å². The van der Waals surface area contributed by atoms with Crippen molar-refractivity contribution >= 4 is 16.8 Å². The molecule has 0 unspecified atom stereocenters. The standard InChI is InChI=1S/C22H22N2O3/c1-24(13-16-7-3-9-19-18(16)8-5-11-23-19)22(25)17-12-15-6-4-10-20(26-2)21(15)27-14-17/h3-11,17H,12-14H2,1-2H3/t17-/m0/s1. The summed E-state index contributed by atoms with van der Waals surface area (Å²) in [6.07, 6.45) is 2.44. The number of carbonyl (C=O) groups excluding carboxylic acids is 1. The van der Waals surface area contributed by atoms with Crippen LogP contribution in [0.1, 0.15) is 11.1 Å². The SMILES string of the molecule is COc1cccc2c1OC[C@@H](C(=O)N(C)Cc1cccc3ncccc13)C2. The van der Waals surface area contributed by atoms with Gasteiger partial charge in [0, 0.05) is 25.2 Å². The molecule has 1 aliphatic heterocycles. The molecule has 0 spiro atoms. The Morgan fingerprint density at radius 2 is 2.07 bits per heavy atom. The number of aromatic nitrogens is 1. The number of benzene rings is 2. The summed E-state index contributed by atoms with van der Waals surface area (Å²) in [7, 11) is 3.47. The summed E-state index contributed by atoms with van der Waals surface area (Å²) in [5.41, 5.74) is 3.05. The van der Waals surface area contributed by atoms with Crippen LogP contribution in [0.2, 0.25) is 0 Å². The van der Waals surface area contributed by atoms with Gasteiger partial charge in [-0.15, -0.1) is 0 Å². The molecule has 5 nitrogen and oxygen atoms in total. The number of nitrogens with zero attached hydrogens (tertiary/aromatic N) is 2. The topological polar surface area (TPSA) is 51.7 Å². The lowest BCUT2D eigenvalue weighted by molar-refractivity contribution is -0.136. The van der Waals surface area contributed by atoms with E-state index in [1.807, 2.05) is 55.6 Å². The van der Waals surface area contributed by atoms with Crippen LogP contribution in [-0.2, 0) is 17.8 Å². The lowest BCUT2D eigenvalue weighted by Crippen LogP contribution is -2.38. The first-order valence-electron chi connectivity index (χ1n) is 9.03. The Morgan fingerprint density at radius 3 is 2.93 bits per heavy atom. The van der Waals surface area contributed by atoms with Gasteiger partial charge in [-0.05, 0) is 35.7 Å². The predicted molar refractivity (Wildman–Crippen MR) is 104 cm³/mol. The molecule has 5 heteroatoms. The molecule has 0 saturated carbocycles. The van der Waals surface area contributed by atoms with Gasteiger partial charge in [0.05, 0.1) is 18.5 Å². The average Bonchev–Trinajstić information content (AvgIpc) is 2.72. The van der Waals surface area contributed by atoms with E-state index in [1.54, 1.807) is 18.2 Å². The second-order valence-corrected chi connectivity index (χ2v) is 6.84. The smallest absolute Gasteiger partial charge is 0.229 e. The molecule has 138 valence electrons. The lowest BCUT2D eigenvalue weighted by Gasteiger charge is -2.29. The average molecular weight is 362 g/mol. The molecule has 0 radical (unpaired) electrons. The Bertz CT molecular complexity index is 981. The summed E-state index contributed by atoms with van der Waals surface area (Å²) in [6, 6.07) is 15.8. The van der Waals surface area contributed by atoms with Crippen molar-refractivity contribution in [3.8, 4) is 11.5 Å². The molecule has 0 fully saturated rings. The van der Waals surface area contributed by atoms with Crippen LogP contribution in [0.5, 0.6) is 11.5 Å². The molecule has 2 aromatic carbocycles. The maximum absolute atomic E-state index is 13.0. The molecule has 0 bridgehead atoms. The fraction of sp³-hybridized carbons (Fsp3) is 0.273. The maximum atomic E-state index is 13.0. The van der Waals surface area contributed by atoms with Crippen molar-refractivity contribution in [2.75, 3.05) is 20.8 Å². The fourth-order valence-corrected chi connectivity index (χ4v) is 3.66. The number of pyridine rings is 1. The first-order chi connectivity index (χ1) is 13.2. The van der Waals surface area contributed by atoms with Crippen LogP contribution in [0.25, 0.3) is 10.9 Å². The number of amides is 1. The van der Waals surface area contributed by atoms with Gasteiger partial charge in [0.1, 0.15) is 6.61 Å². The van der Waals surface area contributed by atoms with Gasteiger partial charge in [-0.1, -0.05) is 30.3 Å². The van der Waals surface area contributed by atoms with Crippen LogP contribution in [0.3, 0.4) is 0 Å². The highest BCUT2D eigenvalue weighted by Crippen LogP contribution is 2.36. The van der Waals surface area contributed by atoms with Gasteiger partial charge in [0.2, 0.25) is 5.91 Å². The number of rotatable bonds is 4. The van der Waals surface area contributed by atoms with Gasteiger partial charge in [0.25, 0.3) is 0 Å². The van der Waals surface area contributed by atoms with E-state index in [4.69, 9.17) is 9.47 Å². The van der Waals surface area contributed by atoms with E-state index in [-0.39, 0.29) is 11.8 Å². The Balaban J connectivity index is 1.51. The molecule has 27 heavy (non-hydrogen) atoms. The number of ether oxygens (including phenoxy) is 2. The van der Waals surface area contributed by atoms with Crippen LogP contribution in [0, 0.1) is 5.92 Å². The summed E-state index contributed by atoms with van der Waals surface area (Å²) >= 11 is 0. The van der Waals surface area contributed by atoms with Crippen LogP contribution >= 0.6 is 0 Å². The molecule has 1 aromatic heterocycles. The molecule has 1 aliphatic rings. The van der Waals surface area contributed by atoms with E-state index in [2.05, 4.69) is 4.98 Å². The Labute approximate surface area is 158 Å². The molecule has 2 heterocycles. The third kappa shape index (κ3) is 3.33. The molecular weight excluding hydrogens is 340 g/mol. The normalized spacial score (nSPS) is 15.7. The molecule has 1 amide bonds. The van der Waals surface area contributed by atoms with Gasteiger partial charge in [-0.2, -0.15) is 0 Å². The Hall–Kier alpha value is -3.08. The number of hydrogen-bond donors (Lipinski definition) is 0. The van der Waals surface area contributed by atoms with E-state index < -0.39 is 0 Å². The Kier molecular flexibility index (Phi) is 4.67. The molecule has 4 rings (SSSR count). The zero-order valence-electron chi connectivity index (χ0n) is 15.5. The molecule has 3 aromatic rings. The minimum Gasteiger partial charge on any atom is -0.493 e. The first kappa shape index (κ1) is 17.3. The molecular formula is C22H22N2O3. The van der Waals surface area contributed by atoms with Crippen LogP contribution in [-0.4, -0.2) is 36.6 Å². The van der Waals surface area contributed by atoms with E-state index in [0.717, 1.165) is 33.5 Å². The minimum atomic E-state index is -0.192. The van der Waals surface area contributed by atoms with Gasteiger partial charge < -0.3 is 14.4 Å². The summed E-state index contributed by atoms with van der Waals surface area (Å²) in [5.74, 6) is 1.37. The highest BCUT2D eigenvalue weighted by atomic mass is 16.5. The van der Waals surface area contributed by atoms with Gasteiger partial charge in [-0.25, -0.2) is 0 Å². The first-order valence-corrected chi connectivity index (χ1v) is 9.03. The molecule has 0 saturated heterocycles. The summed E-state index contributed by atoms with van der Waals surface area (Å²) in [4.78, 5) is 19.2. The Morgan fingerprint density at radius 1 is 1.22 bits per heavy atom. The van der Waals surface area contributed by atoms with Crippen LogP contribution in [0.15, 0.2) is 54.7 Å². The quantitative estimate of drug-likeness (QED) is 0.713. The minimum absolute atomic E-state index is 0.0874. The number of methoxy groups -OCH3 is 1.